The van der Waals surface area contributed by atoms with Gasteiger partial charge in [0.2, 0.25) is 0 Å². The Morgan fingerprint density at radius 1 is 1.80 bits per heavy atom. The van der Waals surface area contributed by atoms with Crippen LogP contribution >= 0.6 is 0 Å². The highest BCUT2D eigenvalue weighted by Crippen LogP contribution is 2.22. The first-order valence-corrected chi connectivity index (χ1v) is 2.63. The third-order valence-corrected chi connectivity index (χ3v) is 1.16. The smallest absolute Gasteiger partial charge is 0.291 e. The summed E-state index contributed by atoms with van der Waals surface area (Å²) in [5.41, 5.74) is 0. The van der Waals surface area contributed by atoms with E-state index in [1.807, 2.05) is 0 Å². The Morgan fingerprint density at radius 3 is 2.30 bits per heavy atom. The van der Waals surface area contributed by atoms with E-state index in [0.29, 0.717) is 0 Å². The third-order valence-electron chi connectivity index (χ3n) is 1.16. The fourth-order valence-corrected chi connectivity index (χ4v) is 0.316. The maximum atomic E-state index is 12.1. The van der Waals surface area contributed by atoms with Crippen LogP contribution in [-0.4, -0.2) is 23.6 Å². The van der Waals surface area contributed by atoms with Crippen LogP contribution in [0.5, 0.6) is 0 Å². The number of rotatable bonds is 3. The lowest BCUT2D eigenvalue weighted by Gasteiger charge is -2.22. The number of hydrogen-bond donors (Lipinski definition) is 1. The second-order valence-corrected chi connectivity index (χ2v) is 1.99. The Kier molecular flexibility index (Phi) is 2.71. The number of aliphatic carboxylic acids is 1. The minimum absolute atomic E-state index is 0.874. The molecule has 10 heavy (non-hydrogen) atoms. The van der Waals surface area contributed by atoms with Crippen LogP contribution in [0, 0.1) is 5.92 Å². The van der Waals surface area contributed by atoms with E-state index in [1.54, 1.807) is 0 Å². The lowest BCUT2D eigenvalue weighted by molar-refractivity contribution is -0.334. The molecular weight excluding hydrogens is 146 g/mol. The van der Waals surface area contributed by atoms with E-state index in [-0.39, 0.29) is 0 Å². The first kappa shape index (κ1) is 9.29. The molecule has 0 aromatic rings. The summed E-state index contributed by atoms with van der Waals surface area (Å²) >= 11 is 0. The highest BCUT2D eigenvalue weighted by Gasteiger charge is 2.37. The van der Waals surface area contributed by atoms with Crippen LogP contribution in [0.15, 0.2) is 0 Å². The number of aliphatic hydroxyl groups excluding tert-OH is 1. The molecule has 0 aliphatic heterocycles. The minimum atomic E-state index is -3.94. The van der Waals surface area contributed by atoms with Crippen LogP contribution in [0.1, 0.15) is 6.92 Å². The molecule has 0 fully saturated rings. The normalized spacial score (nSPS) is 14.8. The average Bonchev–Trinajstić information content (AvgIpc) is 1.86. The van der Waals surface area contributed by atoms with Gasteiger partial charge in [0, 0.05) is 5.92 Å². The van der Waals surface area contributed by atoms with Crippen LogP contribution < -0.4 is 5.11 Å². The van der Waals surface area contributed by atoms with Crippen molar-refractivity contribution >= 4 is 5.97 Å². The molecule has 0 spiro atoms. The zero-order valence-corrected chi connectivity index (χ0v) is 5.30. The van der Waals surface area contributed by atoms with E-state index in [2.05, 4.69) is 0 Å². The van der Waals surface area contributed by atoms with Crippen molar-refractivity contribution in [1.82, 2.24) is 0 Å². The van der Waals surface area contributed by atoms with Gasteiger partial charge < -0.3 is 15.0 Å². The molecule has 0 saturated heterocycles. The van der Waals surface area contributed by atoms with Crippen molar-refractivity contribution in [2.24, 2.45) is 5.92 Å². The molecule has 0 rings (SSSR count). The molecule has 0 bridgehead atoms. The van der Waals surface area contributed by atoms with Gasteiger partial charge in [-0.3, -0.25) is 0 Å². The largest absolute Gasteiger partial charge is 0.544 e. The number of aliphatic hydroxyl groups is 1. The first-order valence-electron chi connectivity index (χ1n) is 2.63. The summed E-state index contributed by atoms with van der Waals surface area (Å²) < 4.78 is 24.2. The summed E-state index contributed by atoms with van der Waals surface area (Å²) in [6, 6.07) is 0. The summed E-state index contributed by atoms with van der Waals surface area (Å²) in [5.74, 6) is -7.99. The summed E-state index contributed by atoms with van der Waals surface area (Å²) in [7, 11) is 0. The van der Waals surface area contributed by atoms with E-state index >= 15 is 0 Å². The van der Waals surface area contributed by atoms with Crippen molar-refractivity contribution in [2.45, 2.75) is 12.8 Å². The Bertz CT molecular complexity index is 135. The zero-order valence-electron chi connectivity index (χ0n) is 5.30. The fourth-order valence-electron chi connectivity index (χ4n) is 0.316. The van der Waals surface area contributed by atoms with E-state index in [0.717, 1.165) is 6.92 Å². The maximum Gasteiger partial charge on any atom is 0.291 e. The second-order valence-electron chi connectivity index (χ2n) is 1.99. The summed E-state index contributed by atoms with van der Waals surface area (Å²) in [6.07, 6.45) is 0. The van der Waals surface area contributed by atoms with Gasteiger partial charge >= 0.3 is 0 Å². The highest BCUT2D eigenvalue weighted by molar-refractivity contribution is 5.73. The zero-order chi connectivity index (χ0) is 8.36. The maximum absolute atomic E-state index is 12.1. The molecule has 1 atom stereocenters. The fraction of sp³-hybridized carbons (Fsp3) is 0.800. The SMILES string of the molecule is CC(CO)C(F)(F)C(=O)[O-]. The number of carbonyl (C=O) groups excluding carboxylic acids is 1. The lowest BCUT2D eigenvalue weighted by atomic mass is 10.1. The van der Waals surface area contributed by atoms with E-state index in [9.17, 15) is 18.7 Å². The van der Waals surface area contributed by atoms with Crippen molar-refractivity contribution in [3.8, 4) is 0 Å². The van der Waals surface area contributed by atoms with Gasteiger partial charge in [-0.1, -0.05) is 6.92 Å². The number of alkyl halides is 2. The van der Waals surface area contributed by atoms with Crippen LogP contribution in [0.25, 0.3) is 0 Å². The molecule has 0 heterocycles. The summed E-state index contributed by atoms with van der Waals surface area (Å²) in [5, 5.41) is 17.8. The van der Waals surface area contributed by atoms with Gasteiger partial charge in [0.15, 0.2) is 0 Å². The molecule has 1 N–H and O–H groups in total. The van der Waals surface area contributed by atoms with Gasteiger partial charge in [-0.2, -0.15) is 8.78 Å². The number of carboxylic acid groups (broad SMARTS) is 1. The van der Waals surface area contributed by atoms with Crippen molar-refractivity contribution in [3.63, 3.8) is 0 Å². The molecule has 0 aromatic carbocycles. The molecule has 0 amide bonds. The van der Waals surface area contributed by atoms with E-state index < -0.39 is 24.4 Å². The molecule has 3 nitrogen and oxygen atoms in total. The van der Waals surface area contributed by atoms with Crippen molar-refractivity contribution in [3.05, 3.63) is 0 Å². The molecule has 0 aromatic heterocycles. The van der Waals surface area contributed by atoms with E-state index in [1.165, 1.54) is 0 Å². The number of hydrogen-bond acceptors (Lipinski definition) is 3. The number of carboxylic acids is 1. The molecule has 0 saturated carbocycles. The van der Waals surface area contributed by atoms with Crippen molar-refractivity contribution in [2.75, 3.05) is 6.61 Å². The van der Waals surface area contributed by atoms with Crippen molar-refractivity contribution < 1.29 is 23.8 Å². The molecule has 1 unspecified atom stereocenters. The Hall–Kier alpha value is -0.710. The standard InChI is InChI=1S/C5H8F2O3/c1-3(2-8)5(6,7)4(9)10/h3,8H,2H2,1H3,(H,9,10)/p-1. The molecule has 60 valence electrons. The topological polar surface area (TPSA) is 60.4 Å². The van der Waals surface area contributed by atoms with Crippen LogP contribution in [0.2, 0.25) is 0 Å². The summed E-state index contributed by atoms with van der Waals surface area (Å²) in [4.78, 5) is 9.65. The van der Waals surface area contributed by atoms with Gasteiger partial charge in [0.25, 0.3) is 5.92 Å². The van der Waals surface area contributed by atoms with Crippen LogP contribution in [-0.2, 0) is 4.79 Å². The molecule has 5 heteroatoms. The predicted octanol–water partition coefficient (Wildman–Crippen LogP) is -1.00. The Morgan fingerprint density at radius 2 is 2.20 bits per heavy atom. The second kappa shape index (κ2) is 2.92. The summed E-state index contributed by atoms with van der Waals surface area (Å²) in [6.45, 7) is 0.0524. The quantitative estimate of drug-likeness (QED) is 0.565. The molecule has 0 radical (unpaired) electrons. The highest BCUT2D eigenvalue weighted by atomic mass is 19.3. The first-order chi connectivity index (χ1) is 4.42. The molecular formula is C5H7F2O3-. The lowest BCUT2D eigenvalue weighted by Crippen LogP contribution is -2.46. The van der Waals surface area contributed by atoms with Crippen molar-refractivity contribution in [1.29, 1.82) is 0 Å². The minimum Gasteiger partial charge on any atom is -0.544 e. The molecule has 0 aliphatic rings. The monoisotopic (exact) mass is 153 g/mol. The predicted molar refractivity (Wildman–Crippen MR) is 26.2 cm³/mol. The van der Waals surface area contributed by atoms with Crippen LogP contribution in [0.3, 0.4) is 0 Å². The van der Waals surface area contributed by atoms with Gasteiger partial charge in [-0.05, 0) is 0 Å². The third kappa shape index (κ3) is 1.63. The Labute approximate surface area is 56.3 Å². The van der Waals surface area contributed by atoms with E-state index in [4.69, 9.17) is 5.11 Å². The van der Waals surface area contributed by atoms with Gasteiger partial charge in [0.05, 0.1) is 6.61 Å². The Balaban J connectivity index is 4.23. The number of halogens is 2. The van der Waals surface area contributed by atoms with Gasteiger partial charge in [0.1, 0.15) is 5.97 Å². The number of carbonyl (C=O) groups is 1. The van der Waals surface area contributed by atoms with Crippen LogP contribution in [0.4, 0.5) is 8.78 Å². The molecule has 0 aliphatic carbocycles. The van der Waals surface area contributed by atoms with Gasteiger partial charge in [-0.15, -0.1) is 0 Å². The average molecular weight is 153 g/mol. The van der Waals surface area contributed by atoms with Gasteiger partial charge in [-0.25, -0.2) is 0 Å².